The molecular weight excluding hydrogens is 371 g/mol. The monoisotopic (exact) mass is 392 g/mol. The van der Waals surface area contributed by atoms with Gasteiger partial charge in [0.1, 0.15) is 5.82 Å². The number of ether oxygens (including phenoxy) is 1. The van der Waals surface area contributed by atoms with Gasteiger partial charge in [0.15, 0.2) is 5.82 Å². The Hall–Kier alpha value is -3.32. The number of hydrogen-bond donors (Lipinski definition) is 0. The molecule has 0 amide bonds. The maximum absolute atomic E-state index is 13.7. The summed E-state index contributed by atoms with van der Waals surface area (Å²) >= 11 is 0. The Kier molecular flexibility index (Phi) is 5.48. The number of halogens is 1. The van der Waals surface area contributed by atoms with Gasteiger partial charge >= 0.3 is 0 Å². The second kappa shape index (κ2) is 8.36. The first kappa shape index (κ1) is 19.0. The summed E-state index contributed by atoms with van der Waals surface area (Å²) in [5.74, 6) is 0.818. The zero-order valence-electron chi connectivity index (χ0n) is 16.3. The van der Waals surface area contributed by atoms with Crippen molar-refractivity contribution in [2.75, 3.05) is 13.7 Å². The van der Waals surface area contributed by atoms with E-state index in [9.17, 15) is 4.39 Å². The lowest BCUT2D eigenvalue weighted by atomic mass is 10.0. The number of imidazole rings is 1. The van der Waals surface area contributed by atoms with Crippen LogP contribution in [-0.2, 0) is 17.7 Å². The summed E-state index contributed by atoms with van der Waals surface area (Å²) in [6.45, 7) is 2.80. The van der Waals surface area contributed by atoms with Crippen LogP contribution in [0.2, 0.25) is 0 Å². The molecule has 6 nitrogen and oxygen atoms in total. The van der Waals surface area contributed by atoms with E-state index in [4.69, 9.17) is 9.26 Å². The zero-order chi connectivity index (χ0) is 20.2. The maximum Gasteiger partial charge on any atom is 0.229 e. The fourth-order valence-electron chi connectivity index (χ4n) is 3.28. The largest absolute Gasteiger partial charge is 0.384 e. The third kappa shape index (κ3) is 4.09. The van der Waals surface area contributed by atoms with E-state index in [1.54, 1.807) is 19.5 Å². The Bertz CT molecular complexity index is 1110. The molecule has 0 aliphatic rings. The molecule has 4 aromatic rings. The van der Waals surface area contributed by atoms with Crippen LogP contribution in [0.4, 0.5) is 4.39 Å². The highest BCUT2D eigenvalue weighted by atomic mass is 19.1. The molecule has 29 heavy (non-hydrogen) atoms. The van der Waals surface area contributed by atoms with Crippen LogP contribution in [0.25, 0.3) is 22.5 Å². The van der Waals surface area contributed by atoms with Crippen LogP contribution in [0.15, 0.2) is 59.4 Å². The minimum absolute atomic E-state index is 0.264. The van der Waals surface area contributed by atoms with Crippen LogP contribution in [-0.4, -0.2) is 33.4 Å². The van der Waals surface area contributed by atoms with Crippen molar-refractivity contribution in [3.8, 4) is 22.5 Å². The fraction of sp³-hybridized carbons (Fsp3) is 0.227. The molecule has 4 rings (SSSR count). The maximum atomic E-state index is 13.7. The van der Waals surface area contributed by atoms with Crippen LogP contribution < -0.4 is 0 Å². The molecule has 7 heteroatoms. The number of nitrogens with zero attached hydrogens (tertiary/aromatic N) is 4. The predicted molar refractivity (Wildman–Crippen MR) is 107 cm³/mol. The Labute approximate surface area is 168 Å². The fourth-order valence-corrected chi connectivity index (χ4v) is 3.28. The molecular formula is C22H21FN4O2. The molecule has 2 heterocycles. The summed E-state index contributed by atoms with van der Waals surface area (Å²) in [5, 5.41) is 4.07. The molecule has 0 aliphatic carbocycles. The van der Waals surface area contributed by atoms with Crippen molar-refractivity contribution < 1.29 is 13.7 Å². The molecule has 0 aliphatic heterocycles. The van der Waals surface area contributed by atoms with Crippen molar-refractivity contribution in [3.05, 3.63) is 78.0 Å². The SMILES string of the molecule is COCCc1nc(Cn2cnc(-c3ccccc3)c2-c2ccc(F)cc2C)no1. The quantitative estimate of drug-likeness (QED) is 0.470. The zero-order valence-corrected chi connectivity index (χ0v) is 16.3. The highest BCUT2D eigenvalue weighted by molar-refractivity contribution is 5.80. The number of hydrogen-bond acceptors (Lipinski definition) is 5. The van der Waals surface area contributed by atoms with Gasteiger partial charge in [-0.3, -0.25) is 0 Å². The number of benzene rings is 2. The summed E-state index contributed by atoms with van der Waals surface area (Å²) in [6, 6.07) is 14.7. The van der Waals surface area contributed by atoms with Crippen molar-refractivity contribution in [2.45, 2.75) is 19.9 Å². The number of aromatic nitrogens is 4. The van der Waals surface area contributed by atoms with E-state index in [0.29, 0.717) is 31.3 Å². The van der Waals surface area contributed by atoms with E-state index in [-0.39, 0.29) is 5.82 Å². The van der Waals surface area contributed by atoms with Crippen molar-refractivity contribution in [1.29, 1.82) is 0 Å². The summed E-state index contributed by atoms with van der Waals surface area (Å²) in [6.07, 6.45) is 2.32. The molecule has 0 N–H and O–H groups in total. The number of aryl methyl sites for hydroxylation is 1. The molecule has 0 atom stereocenters. The van der Waals surface area contributed by atoms with Crippen molar-refractivity contribution in [2.24, 2.45) is 0 Å². The first-order chi connectivity index (χ1) is 14.2. The van der Waals surface area contributed by atoms with Crippen molar-refractivity contribution in [3.63, 3.8) is 0 Å². The van der Waals surface area contributed by atoms with Crippen molar-refractivity contribution in [1.82, 2.24) is 19.7 Å². The Balaban J connectivity index is 1.76. The van der Waals surface area contributed by atoms with E-state index >= 15 is 0 Å². The Morgan fingerprint density at radius 2 is 1.97 bits per heavy atom. The molecule has 0 unspecified atom stereocenters. The second-order valence-corrected chi connectivity index (χ2v) is 6.74. The minimum Gasteiger partial charge on any atom is -0.384 e. The topological polar surface area (TPSA) is 66.0 Å². The summed E-state index contributed by atoms with van der Waals surface area (Å²) in [4.78, 5) is 9.07. The molecule has 2 aromatic carbocycles. The van der Waals surface area contributed by atoms with Gasteiger partial charge in [0, 0.05) is 18.2 Å². The van der Waals surface area contributed by atoms with Gasteiger partial charge in [0.2, 0.25) is 5.89 Å². The molecule has 0 fully saturated rings. The molecule has 0 spiro atoms. The smallest absolute Gasteiger partial charge is 0.229 e. The Morgan fingerprint density at radius 1 is 1.14 bits per heavy atom. The van der Waals surface area contributed by atoms with Gasteiger partial charge in [-0.05, 0) is 30.7 Å². The molecule has 2 aromatic heterocycles. The van der Waals surface area contributed by atoms with Crippen LogP contribution in [0.5, 0.6) is 0 Å². The minimum atomic E-state index is -0.264. The summed E-state index contributed by atoms with van der Waals surface area (Å²) in [7, 11) is 1.63. The van der Waals surface area contributed by atoms with Gasteiger partial charge in [-0.1, -0.05) is 35.5 Å². The molecule has 0 saturated carbocycles. The van der Waals surface area contributed by atoms with Gasteiger partial charge in [0.25, 0.3) is 0 Å². The number of rotatable bonds is 7. The third-order valence-electron chi connectivity index (χ3n) is 4.67. The number of methoxy groups -OCH3 is 1. The van der Waals surface area contributed by atoms with Gasteiger partial charge in [-0.15, -0.1) is 0 Å². The second-order valence-electron chi connectivity index (χ2n) is 6.74. The van der Waals surface area contributed by atoms with Gasteiger partial charge in [0.05, 0.1) is 37.3 Å². The molecule has 0 radical (unpaired) electrons. The van der Waals surface area contributed by atoms with Crippen molar-refractivity contribution >= 4 is 0 Å². The van der Waals surface area contributed by atoms with E-state index < -0.39 is 0 Å². The first-order valence-electron chi connectivity index (χ1n) is 9.33. The van der Waals surface area contributed by atoms with E-state index in [2.05, 4.69) is 15.1 Å². The average molecular weight is 392 g/mol. The lowest BCUT2D eigenvalue weighted by Gasteiger charge is -2.12. The first-order valence-corrected chi connectivity index (χ1v) is 9.33. The van der Waals surface area contributed by atoms with Crippen LogP contribution in [0, 0.1) is 12.7 Å². The molecule has 0 saturated heterocycles. The van der Waals surface area contributed by atoms with Crippen LogP contribution >= 0.6 is 0 Å². The standard InChI is InChI=1S/C22H21FN4O2/c1-15-12-17(23)8-9-18(15)22-21(16-6-4-3-5-7-16)24-14-27(22)13-19-25-20(29-26-19)10-11-28-2/h3-9,12,14H,10-11,13H2,1-2H3. The molecule has 148 valence electrons. The van der Waals surface area contributed by atoms with Gasteiger partial charge in [-0.25, -0.2) is 9.37 Å². The van der Waals surface area contributed by atoms with E-state index in [1.165, 1.54) is 12.1 Å². The highest BCUT2D eigenvalue weighted by Crippen LogP contribution is 2.33. The average Bonchev–Trinajstić information content (AvgIpc) is 3.34. The van der Waals surface area contributed by atoms with Gasteiger partial charge in [-0.2, -0.15) is 4.98 Å². The van der Waals surface area contributed by atoms with Crippen LogP contribution in [0.1, 0.15) is 17.3 Å². The highest BCUT2D eigenvalue weighted by Gasteiger charge is 2.18. The molecule has 0 bridgehead atoms. The van der Waals surface area contributed by atoms with E-state index in [1.807, 2.05) is 41.8 Å². The lowest BCUT2D eigenvalue weighted by molar-refractivity contribution is 0.192. The Morgan fingerprint density at radius 3 is 2.72 bits per heavy atom. The van der Waals surface area contributed by atoms with Gasteiger partial charge < -0.3 is 13.8 Å². The van der Waals surface area contributed by atoms with Crippen LogP contribution in [0.3, 0.4) is 0 Å². The summed E-state index contributed by atoms with van der Waals surface area (Å²) in [5.41, 5.74) is 4.43. The normalized spacial score (nSPS) is 11.1. The third-order valence-corrected chi connectivity index (χ3v) is 4.67. The summed E-state index contributed by atoms with van der Waals surface area (Å²) < 4.78 is 26.0. The lowest BCUT2D eigenvalue weighted by Crippen LogP contribution is -2.04. The van der Waals surface area contributed by atoms with E-state index in [0.717, 1.165) is 28.1 Å². The predicted octanol–water partition coefficient (Wildman–Crippen LogP) is 4.28.